The summed E-state index contributed by atoms with van der Waals surface area (Å²) < 4.78 is 5.64. The van der Waals surface area contributed by atoms with Gasteiger partial charge in [0.25, 0.3) is 11.8 Å². The second kappa shape index (κ2) is 8.01. The molecular formula is C24H29N3O3. The number of carbonyl (C=O) groups is 2. The van der Waals surface area contributed by atoms with E-state index in [1.807, 2.05) is 55.1 Å². The van der Waals surface area contributed by atoms with Crippen LogP contribution in [0.5, 0.6) is 5.75 Å². The van der Waals surface area contributed by atoms with Crippen molar-refractivity contribution in [3.63, 3.8) is 0 Å². The quantitative estimate of drug-likeness (QED) is 0.841. The fourth-order valence-corrected chi connectivity index (χ4v) is 4.69. The smallest absolute Gasteiger partial charge is 0.257 e. The number of aryl methyl sites for hydroxylation is 1. The number of rotatable bonds is 4. The lowest BCUT2D eigenvalue weighted by Crippen LogP contribution is -2.68. The molecule has 0 unspecified atom stereocenters. The first-order valence-corrected chi connectivity index (χ1v) is 10.7. The van der Waals surface area contributed by atoms with E-state index in [0.29, 0.717) is 43.9 Å². The van der Waals surface area contributed by atoms with Crippen molar-refractivity contribution in [3.8, 4) is 5.75 Å². The van der Waals surface area contributed by atoms with Gasteiger partial charge in [0, 0.05) is 32.5 Å². The molecule has 1 spiro atoms. The summed E-state index contributed by atoms with van der Waals surface area (Å²) in [5.74, 6) is 0.575. The number of nitrogens with one attached hydrogen (secondary N) is 1. The number of hydrogen-bond donors (Lipinski definition) is 1. The number of fused-ring (bicyclic) bond motifs is 1. The standard InChI is InChI=1S/C24H29N3O3/c1-4-27-20-11-10-17(3)16-19(20)22(28)25-24(27)12-14-26(15-13-24)23(29)18-8-6-7-9-21(18)30-5-2/h6-11,16H,4-5,12-15H2,1-3H3,(H,25,28). The zero-order valence-electron chi connectivity index (χ0n) is 17.9. The summed E-state index contributed by atoms with van der Waals surface area (Å²) in [6, 6.07) is 13.4. The molecule has 2 heterocycles. The molecule has 2 aromatic carbocycles. The van der Waals surface area contributed by atoms with Gasteiger partial charge in [-0.1, -0.05) is 23.8 Å². The molecule has 0 radical (unpaired) electrons. The molecule has 6 nitrogen and oxygen atoms in total. The number of likely N-dealkylation sites (tertiary alicyclic amines) is 1. The number of nitrogens with zero attached hydrogens (tertiary/aromatic N) is 2. The van der Waals surface area contributed by atoms with Gasteiger partial charge in [-0.25, -0.2) is 0 Å². The van der Waals surface area contributed by atoms with Crippen molar-refractivity contribution >= 4 is 17.5 Å². The summed E-state index contributed by atoms with van der Waals surface area (Å²) in [5.41, 5.74) is 2.92. The van der Waals surface area contributed by atoms with Crippen LogP contribution in [0.2, 0.25) is 0 Å². The number of ether oxygens (including phenoxy) is 1. The van der Waals surface area contributed by atoms with Crippen molar-refractivity contribution in [3.05, 3.63) is 59.2 Å². The van der Waals surface area contributed by atoms with Gasteiger partial charge in [0.05, 0.1) is 23.4 Å². The Morgan fingerprint density at radius 1 is 1.13 bits per heavy atom. The van der Waals surface area contributed by atoms with Gasteiger partial charge in [-0.15, -0.1) is 0 Å². The first-order valence-electron chi connectivity index (χ1n) is 10.7. The van der Waals surface area contributed by atoms with Crippen LogP contribution in [0.4, 0.5) is 5.69 Å². The number of carbonyl (C=O) groups excluding carboxylic acids is 2. The molecule has 4 rings (SSSR count). The van der Waals surface area contributed by atoms with E-state index in [9.17, 15) is 9.59 Å². The molecule has 2 aliphatic heterocycles. The number of hydrogen-bond acceptors (Lipinski definition) is 4. The molecule has 0 aliphatic carbocycles. The van der Waals surface area contributed by atoms with Gasteiger partial charge in [-0.2, -0.15) is 0 Å². The molecule has 0 saturated carbocycles. The SMILES string of the molecule is CCOc1ccccc1C(=O)N1CCC2(CC1)NC(=O)c1cc(C)ccc1N2CC. The first kappa shape index (κ1) is 20.3. The van der Waals surface area contributed by atoms with Gasteiger partial charge in [0.15, 0.2) is 0 Å². The van der Waals surface area contributed by atoms with E-state index in [1.165, 1.54) is 0 Å². The average molecular weight is 408 g/mol. The summed E-state index contributed by atoms with van der Waals surface area (Å²) in [7, 11) is 0. The Morgan fingerprint density at radius 2 is 1.87 bits per heavy atom. The van der Waals surface area contributed by atoms with Gasteiger partial charge in [0.1, 0.15) is 11.4 Å². The zero-order valence-corrected chi connectivity index (χ0v) is 17.9. The maximum absolute atomic E-state index is 13.2. The van der Waals surface area contributed by atoms with Crippen molar-refractivity contribution in [1.82, 2.24) is 10.2 Å². The number of amides is 2. The van der Waals surface area contributed by atoms with Crippen molar-refractivity contribution in [2.24, 2.45) is 0 Å². The summed E-state index contributed by atoms with van der Waals surface area (Å²) in [6.45, 7) is 8.49. The molecule has 0 aromatic heterocycles. The minimum atomic E-state index is -0.454. The third kappa shape index (κ3) is 3.40. The molecule has 2 aromatic rings. The topological polar surface area (TPSA) is 61.9 Å². The highest BCUT2D eigenvalue weighted by molar-refractivity contribution is 6.03. The lowest BCUT2D eigenvalue weighted by molar-refractivity contribution is 0.0600. The second-order valence-corrected chi connectivity index (χ2v) is 7.97. The monoisotopic (exact) mass is 407 g/mol. The van der Waals surface area contributed by atoms with Crippen molar-refractivity contribution < 1.29 is 14.3 Å². The third-order valence-electron chi connectivity index (χ3n) is 6.16. The summed E-state index contributed by atoms with van der Waals surface area (Å²) in [6.07, 6.45) is 1.37. The van der Waals surface area contributed by atoms with E-state index in [0.717, 1.165) is 23.4 Å². The molecule has 2 aliphatic rings. The van der Waals surface area contributed by atoms with Crippen LogP contribution in [0.1, 0.15) is 53.0 Å². The van der Waals surface area contributed by atoms with Crippen molar-refractivity contribution in [2.45, 2.75) is 39.3 Å². The van der Waals surface area contributed by atoms with Crippen LogP contribution in [-0.4, -0.2) is 48.6 Å². The summed E-state index contributed by atoms with van der Waals surface area (Å²) in [4.78, 5) is 30.2. The predicted molar refractivity (Wildman–Crippen MR) is 117 cm³/mol. The van der Waals surface area contributed by atoms with Crippen LogP contribution in [-0.2, 0) is 0 Å². The second-order valence-electron chi connectivity index (χ2n) is 7.97. The third-order valence-corrected chi connectivity index (χ3v) is 6.16. The first-order chi connectivity index (χ1) is 14.5. The zero-order chi connectivity index (χ0) is 21.3. The lowest BCUT2D eigenvalue weighted by atomic mass is 9.89. The highest BCUT2D eigenvalue weighted by Gasteiger charge is 2.46. The van der Waals surface area contributed by atoms with Crippen LogP contribution in [0.25, 0.3) is 0 Å². The average Bonchev–Trinajstić information content (AvgIpc) is 2.75. The highest BCUT2D eigenvalue weighted by Crippen LogP contribution is 2.38. The van der Waals surface area contributed by atoms with Crippen LogP contribution in [0.3, 0.4) is 0 Å². The summed E-state index contributed by atoms with van der Waals surface area (Å²) >= 11 is 0. The fraction of sp³-hybridized carbons (Fsp3) is 0.417. The number of piperidine rings is 1. The predicted octanol–water partition coefficient (Wildman–Crippen LogP) is 3.60. The normalized spacial score (nSPS) is 17.5. The molecule has 1 fully saturated rings. The Bertz CT molecular complexity index is 964. The molecule has 0 bridgehead atoms. The Hall–Kier alpha value is -3.02. The minimum Gasteiger partial charge on any atom is -0.493 e. The number of anilines is 1. The lowest BCUT2D eigenvalue weighted by Gasteiger charge is -2.52. The van der Waals surface area contributed by atoms with E-state index in [2.05, 4.69) is 23.2 Å². The van der Waals surface area contributed by atoms with E-state index in [4.69, 9.17) is 4.74 Å². The molecule has 1 saturated heterocycles. The van der Waals surface area contributed by atoms with Crippen LogP contribution >= 0.6 is 0 Å². The number of para-hydroxylation sites is 1. The summed E-state index contributed by atoms with van der Waals surface area (Å²) in [5, 5.41) is 3.27. The van der Waals surface area contributed by atoms with Crippen LogP contribution in [0, 0.1) is 6.92 Å². The van der Waals surface area contributed by atoms with Crippen molar-refractivity contribution in [1.29, 1.82) is 0 Å². The van der Waals surface area contributed by atoms with Gasteiger partial charge < -0.3 is 19.9 Å². The molecule has 1 N–H and O–H groups in total. The van der Waals surface area contributed by atoms with Crippen LogP contribution in [0.15, 0.2) is 42.5 Å². The van der Waals surface area contributed by atoms with E-state index >= 15 is 0 Å². The van der Waals surface area contributed by atoms with Gasteiger partial charge in [-0.05, 0) is 45.0 Å². The molecule has 0 atom stereocenters. The van der Waals surface area contributed by atoms with Gasteiger partial charge >= 0.3 is 0 Å². The molecule has 30 heavy (non-hydrogen) atoms. The molecule has 158 valence electrons. The Balaban J connectivity index is 1.56. The maximum atomic E-state index is 13.2. The molecular weight excluding hydrogens is 378 g/mol. The Kier molecular flexibility index (Phi) is 5.41. The maximum Gasteiger partial charge on any atom is 0.257 e. The fourth-order valence-electron chi connectivity index (χ4n) is 4.69. The van der Waals surface area contributed by atoms with E-state index < -0.39 is 5.66 Å². The highest BCUT2D eigenvalue weighted by atomic mass is 16.5. The van der Waals surface area contributed by atoms with Gasteiger partial charge in [-0.3, -0.25) is 9.59 Å². The van der Waals surface area contributed by atoms with Gasteiger partial charge in [0.2, 0.25) is 0 Å². The Morgan fingerprint density at radius 3 is 2.57 bits per heavy atom. The Labute approximate surface area is 177 Å². The number of benzene rings is 2. The van der Waals surface area contributed by atoms with Crippen molar-refractivity contribution in [2.75, 3.05) is 31.1 Å². The molecule has 6 heteroatoms. The molecule has 2 amide bonds. The van der Waals surface area contributed by atoms with Crippen LogP contribution < -0.4 is 15.0 Å². The van der Waals surface area contributed by atoms with E-state index in [1.54, 1.807) is 0 Å². The largest absolute Gasteiger partial charge is 0.493 e. The minimum absolute atomic E-state index is 0.0184. The van der Waals surface area contributed by atoms with E-state index in [-0.39, 0.29) is 11.8 Å².